The Bertz CT molecular complexity index is 576. The summed E-state index contributed by atoms with van der Waals surface area (Å²) in [5, 5.41) is 0. The average Bonchev–Trinajstić information content (AvgIpc) is 3.24. The first kappa shape index (κ1) is 15.8. The molecule has 22 heavy (non-hydrogen) atoms. The normalized spacial score (nSPS) is 29.1. The molecule has 2 aliphatic heterocycles. The highest BCUT2D eigenvalue weighted by Crippen LogP contribution is 2.49. The van der Waals surface area contributed by atoms with Crippen LogP contribution in [0.1, 0.15) is 38.5 Å². The third kappa shape index (κ3) is 2.75. The van der Waals surface area contributed by atoms with Crippen molar-refractivity contribution in [3.63, 3.8) is 0 Å². The van der Waals surface area contributed by atoms with Crippen LogP contribution in [0, 0.1) is 5.41 Å². The molecule has 0 aromatic carbocycles. The van der Waals surface area contributed by atoms with E-state index < -0.39 is 15.3 Å². The molecule has 124 valence electrons. The minimum atomic E-state index is -3.03. The molecule has 2 saturated heterocycles. The molecule has 1 unspecified atom stereocenters. The van der Waals surface area contributed by atoms with Crippen LogP contribution in [0.25, 0.3) is 0 Å². The van der Waals surface area contributed by atoms with Gasteiger partial charge in [0.15, 0.2) is 9.84 Å². The quantitative estimate of drug-likeness (QED) is 0.704. The van der Waals surface area contributed by atoms with E-state index in [1.165, 1.54) is 4.90 Å². The Morgan fingerprint density at radius 1 is 1.14 bits per heavy atom. The van der Waals surface area contributed by atoms with Crippen molar-refractivity contribution in [1.29, 1.82) is 0 Å². The van der Waals surface area contributed by atoms with Crippen molar-refractivity contribution in [2.24, 2.45) is 5.41 Å². The molecule has 0 N–H and O–H groups in total. The molecule has 1 aliphatic carbocycles. The maximum Gasteiger partial charge on any atom is 0.238 e. The Balaban J connectivity index is 1.69. The maximum absolute atomic E-state index is 12.8. The number of likely N-dealkylation sites (tertiary alicyclic amines) is 1. The summed E-state index contributed by atoms with van der Waals surface area (Å²) < 4.78 is 23.2. The highest BCUT2D eigenvalue weighted by molar-refractivity contribution is 7.91. The lowest BCUT2D eigenvalue weighted by Gasteiger charge is -2.33. The number of piperidine rings is 1. The van der Waals surface area contributed by atoms with E-state index in [9.17, 15) is 18.0 Å². The number of carbonyl (C=O) groups is 2. The molecule has 0 aromatic rings. The molecule has 2 amide bonds. The first-order valence-electron chi connectivity index (χ1n) is 8.13. The molecular formula is C15H24N2O4S. The summed E-state index contributed by atoms with van der Waals surface area (Å²) in [7, 11) is -1.38. The van der Waals surface area contributed by atoms with Gasteiger partial charge in [0.2, 0.25) is 11.8 Å². The van der Waals surface area contributed by atoms with E-state index in [1.54, 1.807) is 7.05 Å². The lowest BCUT2D eigenvalue weighted by atomic mass is 10.00. The smallest absolute Gasteiger partial charge is 0.238 e. The summed E-state index contributed by atoms with van der Waals surface area (Å²) in [5.74, 6) is -0.0407. The molecule has 7 heteroatoms. The van der Waals surface area contributed by atoms with Gasteiger partial charge >= 0.3 is 0 Å². The van der Waals surface area contributed by atoms with E-state index in [1.807, 2.05) is 4.90 Å². The zero-order valence-electron chi connectivity index (χ0n) is 13.1. The Hall–Kier alpha value is -1.11. The van der Waals surface area contributed by atoms with Crippen LogP contribution in [0.2, 0.25) is 0 Å². The predicted octanol–water partition coefficient (Wildman–Crippen LogP) is 0.425. The number of hydrogen-bond acceptors (Lipinski definition) is 4. The molecule has 6 nitrogen and oxygen atoms in total. The summed E-state index contributed by atoms with van der Waals surface area (Å²) in [4.78, 5) is 28.9. The van der Waals surface area contributed by atoms with Gasteiger partial charge in [0, 0.05) is 26.2 Å². The number of rotatable bonds is 3. The summed E-state index contributed by atoms with van der Waals surface area (Å²) in [5.41, 5.74) is -0.890. The lowest BCUT2D eigenvalue weighted by Crippen LogP contribution is -2.50. The molecule has 3 aliphatic rings. The standard InChI is InChI=1S/C15H24N2O4S/c1-16(12-5-10-22(20,21)11-12)13(18)15(6-7-15)14(19)17-8-3-2-4-9-17/h12H,2-11H2,1H3. The van der Waals surface area contributed by atoms with Crippen LogP contribution < -0.4 is 0 Å². The Kier molecular flexibility index (Phi) is 3.95. The van der Waals surface area contributed by atoms with Crippen LogP contribution in [-0.4, -0.2) is 67.7 Å². The largest absolute Gasteiger partial charge is 0.342 e. The number of sulfone groups is 1. The molecule has 3 fully saturated rings. The van der Waals surface area contributed by atoms with E-state index in [0.29, 0.717) is 19.3 Å². The SMILES string of the molecule is CN(C(=O)C1(C(=O)N2CCCCC2)CC1)C1CCS(=O)(=O)C1. The van der Waals surface area contributed by atoms with Crippen LogP contribution in [0.15, 0.2) is 0 Å². The maximum atomic E-state index is 12.8. The molecule has 3 rings (SSSR count). The first-order valence-corrected chi connectivity index (χ1v) is 9.95. The van der Waals surface area contributed by atoms with Crippen LogP contribution >= 0.6 is 0 Å². The van der Waals surface area contributed by atoms with Crippen molar-refractivity contribution in [1.82, 2.24) is 9.80 Å². The van der Waals surface area contributed by atoms with Gasteiger partial charge in [-0.3, -0.25) is 9.59 Å². The Labute approximate surface area is 131 Å². The van der Waals surface area contributed by atoms with Crippen molar-refractivity contribution in [3.8, 4) is 0 Å². The molecule has 1 saturated carbocycles. The monoisotopic (exact) mass is 328 g/mol. The van der Waals surface area contributed by atoms with Gasteiger partial charge in [0.1, 0.15) is 5.41 Å². The third-order valence-electron chi connectivity index (χ3n) is 5.29. The van der Waals surface area contributed by atoms with Gasteiger partial charge in [-0.05, 0) is 38.5 Å². The lowest BCUT2D eigenvalue weighted by molar-refractivity contribution is -0.150. The highest BCUT2D eigenvalue weighted by Gasteiger charge is 2.59. The zero-order valence-corrected chi connectivity index (χ0v) is 13.9. The number of carbonyl (C=O) groups excluding carboxylic acids is 2. The molecule has 0 spiro atoms. The third-order valence-corrected chi connectivity index (χ3v) is 7.04. The van der Waals surface area contributed by atoms with Crippen LogP contribution in [0.4, 0.5) is 0 Å². The second-order valence-corrected chi connectivity index (χ2v) is 9.14. The molecule has 0 bridgehead atoms. The van der Waals surface area contributed by atoms with Gasteiger partial charge in [0.25, 0.3) is 0 Å². The van der Waals surface area contributed by atoms with Crippen LogP contribution in [0.3, 0.4) is 0 Å². The van der Waals surface area contributed by atoms with Crippen molar-refractivity contribution < 1.29 is 18.0 Å². The molecule has 1 atom stereocenters. The van der Waals surface area contributed by atoms with E-state index >= 15 is 0 Å². The highest BCUT2D eigenvalue weighted by atomic mass is 32.2. The Morgan fingerprint density at radius 2 is 1.77 bits per heavy atom. The van der Waals surface area contributed by atoms with E-state index in [-0.39, 0.29) is 29.4 Å². The zero-order chi connectivity index (χ0) is 16.0. The van der Waals surface area contributed by atoms with E-state index in [0.717, 1.165) is 32.4 Å². The second kappa shape index (κ2) is 5.51. The summed E-state index contributed by atoms with van der Waals surface area (Å²) in [6.45, 7) is 1.49. The fraction of sp³-hybridized carbons (Fsp3) is 0.867. The number of hydrogen-bond donors (Lipinski definition) is 0. The summed E-state index contributed by atoms with van der Waals surface area (Å²) >= 11 is 0. The number of amides is 2. The first-order chi connectivity index (χ1) is 10.4. The van der Waals surface area contributed by atoms with Gasteiger partial charge in [-0.25, -0.2) is 8.42 Å². The topological polar surface area (TPSA) is 74.8 Å². The van der Waals surface area contributed by atoms with E-state index in [2.05, 4.69) is 0 Å². The van der Waals surface area contributed by atoms with Crippen LogP contribution in [0.5, 0.6) is 0 Å². The second-order valence-electron chi connectivity index (χ2n) is 6.91. The van der Waals surface area contributed by atoms with Gasteiger partial charge in [0.05, 0.1) is 11.5 Å². The molecule has 2 heterocycles. The fourth-order valence-corrected chi connectivity index (χ4v) is 5.40. The van der Waals surface area contributed by atoms with Gasteiger partial charge < -0.3 is 9.80 Å². The number of nitrogens with zero attached hydrogens (tertiary/aromatic N) is 2. The van der Waals surface area contributed by atoms with Gasteiger partial charge in [-0.1, -0.05) is 0 Å². The van der Waals surface area contributed by atoms with Crippen molar-refractivity contribution in [3.05, 3.63) is 0 Å². The fourth-order valence-electron chi connectivity index (χ4n) is 3.63. The van der Waals surface area contributed by atoms with Crippen molar-refractivity contribution in [2.45, 2.75) is 44.6 Å². The van der Waals surface area contributed by atoms with E-state index in [4.69, 9.17) is 0 Å². The van der Waals surface area contributed by atoms with Gasteiger partial charge in [-0.15, -0.1) is 0 Å². The molecule has 0 aromatic heterocycles. The summed E-state index contributed by atoms with van der Waals surface area (Å²) in [6.07, 6.45) is 4.85. The molecular weight excluding hydrogens is 304 g/mol. The van der Waals surface area contributed by atoms with Gasteiger partial charge in [-0.2, -0.15) is 0 Å². The minimum absolute atomic E-state index is 0.0310. The van der Waals surface area contributed by atoms with Crippen molar-refractivity contribution >= 4 is 21.7 Å². The van der Waals surface area contributed by atoms with Crippen LogP contribution in [-0.2, 0) is 19.4 Å². The molecule has 0 radical (unpaired) electrons. The minimum Gasteiger partial charge on any atom is -0.342 e. The predicted molar refractivity (Wildman–Crippen MR) is 81.9 cm³/mol. The van der Waals surface area contributed by atoms with Crippen molar-refractivity contribution in [2.75, 3.05) is 31.6 Å². The Morgan fingerprint density at radius 3 is 2.27 bits per heavy atom. The average molecular weight is 328 g/mol. The summed E-state index contributed by atoms with van der Waals surface area (Å²) in [6, 6.07) is -0.274.